The van der Waals surface area contributed by atoms with Crippen LogP contribution >= 0.6 is 23.8 Å². The third kappa shape index (κ3) is 3.38. The van der Waals surface area contributed by atoms with Crippen molar-refractivity contribution in [3.05, 3.63) is 29.0 Å². The largest absolute Gasteiger partial charge is 0.392 e. The third-order valence-corrected chi connectivity index (χ3v) is 4.84. The molecule has 0 fully saturated rings. The summed E-state index contributed by atoms with van der Waals surface area (Å²) in [5.74, 6) is -0.701. The fourth-order valence-electron chi connectivity index (χ4n) is 1.12. The Morgan fingerprint density at radius 2 is 2.06 bits per heavy atom. The van der Waals surface area contributed by atoms with E-state index in [1.807, 2.05) is 0 Å². The molecule has 8 heteroatoms. The first-order valence-electron chi connectivity index (χ1n) is 4.85. The minimum atomic E-state index is -4.01. The number of nitrogens with one attached hydrogen (secondary N) is 1. The van der Waals surface area contributed by atoms with Crippen LogP contribution in [0.25, 0.3) is 0 Å². The topological polar surface area (TPSA) is 72.2 Å². The second-order valence-corrected chi connectivity index (χ2v) is 6.67. The molecule has 0 radical (unpaired) electrons. The Hall–Kier alpha value is -0.760. The van der Waals surface area contributed by atoms with Crippen LogP contribution in [0.4, 0.5) is 4.39 Å². The van der Waals surface area contributed by atoms with Crippen molar-refractivity contribution < 1.29 is 12.8 Å². The summed E-state index contributed by atoms with van der Waals surface area (Å²) >= 11 is 10.5. The van der Waals surface area contributed by atoms with Gasteiger partial charge in [0.25, 0.3) is 0 Å². The lowest BCUT2D eigenvalue weighted by atomic mass is 10.1. The highest BCUT2D eigenvalue weighted by molar-refractivity contribution is 7.89. The Kier molecular flexibility index (Phi) is 4.32. The summed E-state index contributed by atoms with van der Waals surface area (Å²) in [4.78, 5) is -0.382. The molecule has 0 aliphatic carbocycles. The fourth-order valence-corrected chi connectivity index (χ4v) is 3.15. The summed E-state index contributed by atoms with van der Waals surface area (Å²) in [7, 11) is -4.01. The van der Waals surface area contributed by atoms with Crippen LogP contribution in [0.5, 0.6) is 0 Å². The Bertz CT molecular complexity index is 588. The van der Waals surface area contributed by atoms with E-state index in [4.69, 9.17) is 29.6 Å². The lowest BCUT2D eigenvalue weighted by Gasteiger charge is -2.24. The van der Waals surface area contributed by atoms with E-state index in [-0.39, 0.29) is 14.9 Å². The molecule has 0 unspecified atom stereocenters. The number of benzene rings is 1. The molecule has 1 aromatic rings. The fraction of sp³-hybridized carbons (Fsp3) is 0.300. The van der Waals surface area contributed by atoms with Crippen LogP contribution < -0.4 is 10.5 Å². The Labute approximate surface area is 115 Å². The minimum absolute atomic E-state index is 0.0291. The maximum atomic E-state index is 13.1. The van der Waals surface area contributed by atoms with Crippen LogP contribution in [-0.2, 0) is 10.0 Å². The molecule has 0 spiro atoms. The van der Waals surface area contributed by atoms with Crippen molar-refractivity contribution in [2.45, 2.75) is 24.3 Å². The number of hydrogen-bond acceptors (Lipinski definition) is 3. The highest BCUT2D eigenvalue weighted by atomic mass is 35.5. The molecule has 0 heterocycles. The minimum Gasteiger partial charge on any atom is -0.392 e. The first-order valence-corrected chi connectivity index (χ1v) is 7.12. The predicted molar refractivity (Wildman–Crippen MR) is 72.6 cm³/mol. The van der Waals surface area contributed by atoms with Gasteiger partial charge in [0.1, 0.15) is 10.7 Å². The van der Waals surface area contributed by atoms with E-state index >= 15 is 0 Å². The maximum Gasteiger partial charge on any atom is 0.243 e. The monoisotopic (exact) mass is 310 g/mol. The summed E-state index contributed by atoms with van der Waals surface area (Å²) in [6, 6.07) is 3.07. The smallest absolute Gasteiger partial charge is 0.243 e. The van der Waals surface area contributed by atoms with E-state index in [1.54, 1.807) is 0 Å². The Balaban J connectivity index is 3.23. The van der Waals surface area contributed by atoms with Crippen molar-refractivity contribution in [3.63, 3.8) is 0 Å². The van der Waals surface area contributed by atoms with Crippen molar-refractivity contribution in [2.75, 3.05) is 0 Å². The number of sulfonamides is 1. The van der Waals surface area contributed by atoms with Crippen molar-refractivity contribution >= 4 is 38.8 Å². The maximum absolute atomic E-state index is 13.1. The number of nitrogens with two attached hydrogens (primary N) is 1. The van der Waals surface area contributed by atoms with Gasteiger partial charge in [-0.25, -0.2) is 12.8 Å². The van der Waals surface area contributed by atoms with Gasteiger partial charge in [0.15, 0.2) is 0 Å². The van der Waals surface area contributed by atoms with Gasteiger partial charge in [-0.2, -0.15) is 4.72 Å². The van der Waals surface area contributed by atoms with E-state index < -0.39 is 21.4 Å². The lowest BCUT2D eigenvalue weighted by Crippen LogP contribution is -2.52. The normalized spacial score (nSPS) is 12.4. The highest BCUT2D eigenvalue weighted by Gasteiger charge is 2.30. The number of rotatable bonds is 4. The van der Waals surface area contributed by atoms with Crippen molar-refractivity contribution in [2.24, 2.45) is 5.73 Å². The zero-order valence-electron chi connectivity index (χ0n) is 9.70. The van der Waals surface area contributed by atoms with Crippen LogP contribution in [0, 0.1) is 5.82 Å². The summed E-state index contributed by atoms with van der Waals surface area (Å²) in [5, 5.41) is -0.0809. The molecular weight excluding hydrogens is 299 g/mol. The average molecular weight is 311 g/mol. The van der Waals surface area contributed by atoms with Gasteiger partial charge in [0.05, 0.1) is 15.6 Å². The molecule has 0 atom stereocenters. The van der Waals surface area contributed by atoms with Gasteiger partial charge in [0.2, 0.25) is 10.0 Å². The molecule has 0 aliphatic heterocycles. The first-order chi connectivity index (χ1) is 8.06. The molecule has 3 N–H and O–H groups in total. The number of halogens is 2. The second kappa shape index (κ2) is 5.08. The molecule has 100 valence electrons. The summed E-state index contributed by atoms with van der Waals surface area (Å²) in [5.41, 5.74) is 4.29. The van der Waals surface area contributed by atoms with Crippen LogP contribution in [0.2, 0.25) is 5.02 Å². The van der Waals surface area contributed by atoms with E-state index in [2.05, 4.69) is 4.72 Å². The molecule has 0 saturated carbocycles. The molecule has 18 heavy (non-hydrogen) atoms. The van der Waals surface area contributed by atoms with Gasteiger partial charge in [-0.05, 0) is 32.0 Å². The second-order valence-electron chi connectivity index (χ2n) is 4.17. The highest BCUT2D eigenvalue weighted by Crippen LogP contribution is 2.23. The van der Waals surface area contributed by atoms with Crippen molar-refractivity contribution in [1.29, 1.82) is 0 Å². The van der Waals surface area contributed by atoms with E-state index in [1.165, 1.54) is 19.9 Å². The molecular formula is C10H12ClFN2O2S2. The average Bonchev–Trinajstić information content (AvgIpc) is 2.19. The van der Waals surface area contributed by atoms with E-state index in [0.717, 1.165) is 12.1 Å². The van der Waals surface area contributed by atoms with Crippen molar-refractivity contribution in [1.82, 2.24) is 4.72 Å². The predicted octanol–water partition coefficient (Wildman–Crippen LogP) is 1.82. The molecule has 0 amide bonds. The SMILES string of the molecule is CC(C)(NS(=O)(=O)c1cc(F)ccc1Cl)C(N)=S. The van der Waals surface area contributed by atoms with Crippen LogP contribution in [-0.4, -0.2) is 18.9 Å². The molecule has 0 saturated heterocycles. The van der Waals surface area contributed by atoms with Crippen LogP contribution in [0.1, 0.15) is 13.8 Å². The Morgan fingerprint density at radius 3 is 2.56 bits per heavy atom. The van der Waals surface area contributed by atoms with Gasteiger partial charge in [-0.1, -0.05) is 23.8 Å². The molecule has 1 rings (SSSR count). The quantitative estimate of drug-likeness (QED) is 0.832. The van der Waals surface area contributed by atoms with Crippen LogP contribution in [0.3, 0.4) is 0 Å². The molecule has 0 aromatic heterocycles. The van der Waals surface area contributed by atoms with Crippen LogP contribution in [0.15, 0.2) is 23.1 Å². The number of hydrogen-bond donors (Lipinski definition) is 2. The third-order valence-electron chi connectivity index (χ3n) is 2.19. The van der Waals surface area contributed by atoms with Gasteiger partial charge < -0.3 is 5.73 Å². The molecule has 4 nitrogen and oxygen atoms in total. The Morgan fingerprint density at radius 1 is 1.50 bits per heavy atom. The summed E-state index contributed by atoms with van der Waals surface area (Å²) in [6.07, 6.45) is 0. The van der Waals surface area contributed by atoms with E-state index in [0.29, 0.717) is 0 Å². The van der Waals surface area contributed by atoms with E-state index in [9.17, 15) is 12.8 Å². The van der Waals surface area contributed by atoms with Crippen molar-refractivity contribution in [3.8, 4) is 0 Å². The zero-order chi connectivity index (χ0) is 14.1. The summed E-state index contributed by atoms with van der Waals surface area (Å²) < 4.78 is 39.4. The molecule has 0 aliphatic rings. The van der Waals surface area contributed by atoms with Gasteiger partial charge in [-0.3, -0.25) is 0 Å². The van der Waals surface area contributed by atoms with Gasteiger partial charge >= 0.3 is 0 Å². The summed E-state index contributed by atoms with van der Waals surface area (Å²) in [6.45, 7) is 3.00. The standard InChI is InChI=1S/C10H12ClFN2O2S2/c1-10(2,9(13)17)14-18(15,16)8-5-6(12)3-4-7(8)11/h3-5,14H,1-2H3,(H2,13,17). The van der Waals surface area contributed by atoms with Gasteiger partial charge in [-0.15, -0.1) is 0 Å². The number of thiocarbonyl (C=S) groups is 1. The zero-order valence-corrected chi connectivity index (χ0v) is 12.1. The molecule has 1 aromatic carbocycles. The van der Waals surface area contributed by atoms with Gasteiger partial charge in [0, 0.05) is 0 Å². The lowest BCUT2D eigenvalue weighted by molar-refractivity contribution is 0.544. The molecule has 0 bridgehead atoms. The first kappa shape index (κ1) is 15.3.